The van der Waals surface area contributed by atoms with Gasteiger partial charge in [0.1, 0.15) is 6.04 Å². The number of ether oxygens (including phenoxy) is 1. The first-order chi connectivity index (χ1) is 13.2. The summed E-state index contributed by atoms with van der Waals surface area (Å²) in [5, 5.41) is 0. The highest BCUT2D eigenvalue weighted by Crippen LogP contribution is 2.38. The number of imide groups is 1. The van der Waals surface area contributed by atoms with Crippen LogP contribution in [0.15, 0.2) is 12.1 Å². The number of Topliss-reactive ketones (excluding diaryl/α,β-unsaturated/α-hetero) is 1. The van der Waals surface area contributed by atoms with Gasteiger partial charge in [0.15, 0.2) is 6.61 Å². The van der Waals surface area contributed by atoms with Crippen LogP contribution in [0.3, 0.4) is 0 Å². The number of rotatable bonds is 5. The summed E-state index contributed by atoms with van der Waals surface area (Å²) in [5.41, 5.74) is 3.42. The van der Waals surface area contributed by atoms with Crippen LogP contribution in [0.5, 0.6) is 0 Å². The quantitative estimate of drug-likeness (QED) is 0.442. The zero-order chi connectivity index (χ0) is 20.6. The van der Waals surface area contributed by atoms with E-state index in [-0.39, 0.29) is 29.4 Å². The van der Waals surface area contributed by atoms with Gasteiger partial charge in [-0.2, -0.15) is 0 Å². The Labute approximate surface area is 165 Å². The van der Waals surface area contributed by atoms with Gasteiger partial charge in [-0.15, -0.1) is 0 Å². The molecule has 1 saturated carbocycles. The van der Waals surface area contributed by atoms with Gasteiger partial charge in [-0.3, -0.25) is 19.3 Å². The van der Waals surface area contributed by atoms with Crippen LogP contribution in [0.4, 0.5) is 0 Å². The summed E-state index contributed by atoms with van der Waals surface area (Å²) in [6, 6.07) is 2.71. The molecule has 150 valence electrons. The topological polar surface area (TPSA) is 80.8 Å². The molecule has 6 nitrogen and oxygen atoms in total. The Morgan fingerprint density at radius 2 is 1.54 bits per heavy atom. The molecule has 1 aromatic carbocycles. The highest BCUT2D eigenvalue weighted by atomic mass is 16.5. The van der Waals surface area contributed by atoms with Crippen LogP contribution in [0, 0.1) is 32.6 Å². The standard InChI is InChI=1S/C22H27NO5/c1-12-9-14(3)18(10-13(12)2)19(24)11-28-22(27)15(4)23-20(25)16-7-5-6-8-17(16)21(23)26/h9-10,15-17H,5-8,11H2,1-4H3/t15-,16+,17+/m0/s1. The fourth-order valence-corrected chi connectivity index (χ4v) is 4.27. The van der Waals surface area contributed by atoms with Crippen LogP contribution in [-0.4, -0.2) is 41.1 Å². The molecular weight excluding hydrogens is 358 g/mol. The molecule has 28 heavy (non-hydrogen) atoms. The van der Waals surface area contributed by atoms with E-state index in [1.807, 2.05) is 26.8 Å². The SMILES string of the molecule is Cc1cc(C)c(C(=O)COC(=O)[C@H](C)N2C(=O)[C@@H]3CCCC[C@H]3C2=O)cc1C. The van der Waals surface area contributed by atoms with Crippen LogP contribution in [0.1, 0.15) is 59.7 Å². The second-order valence-electron chi connectivity index (χ2n) is 8.00. The number of nitrogens with zero attached hydrogens (tertiary/aromatic N) is 1. The Balaban J connectivity index is 1.65. The highest BCUT2D eigenvalue weighted by molar-refractivity contribution is 6.08. The smallest absolute Gasteiger partial charge is 0.329 e. The minimum absolute atomic E-state index is 0.282. The van der Waals surface area contributed by atoms with Crippen LogP contribution < -0.4 is 0 Å². The summed E-state index contributed by atoms with van der Waals surface area (Å²) in [6.45, 7) is 6.81. The summed E-state index contributed by atoms with van der Waals surface area (Å²) < 4.78 is 5.17. The predicted molar refractivity (Wildman–Crippen MR) is 103 cm³/mol. The van der Waals surface area contributed by atoms with Crippen molar-refractivity contribution in [1.82, 2.24) is 4.90 Å². The molecule has 2 fully saturated rings. The third-order valence-corrected chi connectivity index (χ3v) is 6.09. The van der Waals surface area contributed by atoms with Gasteiger partial charge in [0.25, 0.3) is 0 Å². The van der Waals surface area contributed by atoms with E-state index in [0.29, 0.717) is 18.4 Å². The van der Waals surface area contributed by atoms with Crippen molar-refractivity contribution < 1.29 is 23.9 Å². The second-order valence-corrected chi connectivity index (χ2v) is 8.00. The third-order valence-electron chi connectivity index (χ3n) is 6.09. The monoisotopic (exact) mass is 385 g/mol. The van der Waals surface area contributed by atoms with Gasteiger partial charge < -0.3 is 4.74 Å². The largest absolute Gasteiger partial charge is 0.456 e. The maximum Gasteiger partial charge on any atom is 0.329 e. The number of carbonyl (C=O) groups is 4. The lowest BCUT2D eigenvalue weighted by atomic mass is 9.81. The first kappa shape index (κ1) is 20.2. The van der Waals surface area contributed by atoms with E-state index in [9.17, 15) is 19.2 Å². The van der Waals surface area contributed by atoms with E-state index in [1.54, 1.807) is 6.07 Å². The molecule has 1 aliphatic heterocycles. The van der Waals surface area contributed by atoms with E-state index in [2.05, 4.69) is 0 Å². The first-order valence-corrected chi connectivity index (χ1v) is 9.87. The third kappa shape index (κ3) is 3.60. The van der Waals surface area contributed by atoms with Crippen LogP contribution in [0.2, 0.25) is 0 Å². The number of fused-ring (bicyclic) bond motifs is 1. The lowest BCUT2D eigenvalue weighted by Gasteiger charge is -2.21. The molecule has 0 spiro atoms. The van der Waals surface area contributed by atoms with Gasteiger partial charge >= 0.3 is 5.97 Å². The molecule has 6 heteroatoms. The number of esters is 1. The summed E-state index contributed by atoms with van der Waals surface area (Å²) in [7, 11) is 0. The summed E-state index contributed by atoms with van der Waals surface area (Å²) in [4.78, 5) is 51.2. The molecule has 1 heterocycles. The molecule has 0 aromatic heterocycles. The van der Waals surface area contributed by atoms with Crippen LogP contribution in [-0.2, 0) is 19.1 Å². The maximum absolute atomic E-state index is 12.6. The van der Waals surface area contributed by atoms with Crippen molar-refractivity contribution in [2.45, 2.75) is 59.4 Å². The van der Waals surface area contributed by atoms with Gasteiger partial charge in [0, 0.05) is 5.56 Å². The Morgan fingerprint density at radius 1 is 1.00 bits per heavy atom. The van der Waals surface area contributed by atoms with E-state index >= 15 is 0 Å². The summed E-state index contributed by atoms with van der Waals surface area (Å²) in [6.07, 6.45) is 3.24. The van der Waals surface area contributed by atoms with Crippen LogP contribution in [0.25, 0.3) is 0 Å². The fourth-order valence-electron chi connectivity index (χ4n) is 4.27. The number of likely N-dealkylation sites (tertiary alicyclic amines) is 1. The Kier molecular flexibility index (Phi) is 5.68. The Bertz CT molecular complexity index is 820. The average molecular weight is 385 g/mol. The Morgan fingerprint density at radius 3 is 2.11 bits per heavy atom. The fraction of sp³-hybridized carbons (Fsp3) is 0.545. The summed E-state index contributed by atoms with van der Waals surface area (Å²) >= 11 is 0. The average Bonchev–Trinajstić information content (AvgIpc) is 2.92. The van der Waals surface area contributed by atoms with Gasteiger partial charge in [-0.05, 0) is 63.3 Å². The molecule has 2 aliphatic rings. The lowest BCUT2D eigenvalue weighted by Crippen LogP contribution is -2.44. The van der Waals surface area contributed by atoms with Gasteiger partial charge in [0.2, 0.25) is 17.6 Å². The molecule has 3 rings (SSSR count). The second kappa shape index (κ2) is 7.86. The minimum atomic E-state index is -1.01. The number of amides is 2. The number of benzene rings is 1. The first-order valence-electron chi connectivity index (χ1n) is 9.87. The van der Waals surface area contributed by atoms with E-state index in [4.69, 9.17) is 4.74 Å². The molecule has 0 unspecified atom stereocenters. The number of ketones is 1. The number of hydrogen-bond acceptors (Lipinski definition) is 5. The predicted octanol–water partition coefficient (Wildman–Crippen LogP) is 2.90. The van der Waals surface area contributed by atoms with Crippen molar-refractivity contribution in [1.29, 1.82) is 0 Å². The molecule has 1 saturated heterocycles. The van der Waals surface area contributed by atoms with Crippen molar-refractivity contribution >= 4 is 23.6 Å². The molecule has 1 aliphatic carbocycles. The number of carbonyl (C=O) groups excluding carboxylic acids is 4. The zero-order valence-electron chi connectivity index (χ0n) is 16.9. The van der Waals surface area contributed by atoms with Gasteiger partial charge in [-0.25, -0.2) is 4.79 Å². The van der Waals surface area contributed by atoms with Crippen molar-refractivity contribution in [3.05, 3.63) is 34.4 Å². The molecule has 2 amide bonds. The number of aryl methyl sites for hydroxylation is 3. The van der Waals surface area contributed by atoms with E-state index < -0.39 is 18.6 Å². The highest BCUT2D eigenvalue weighted by Gasteiger charge is 2.51. The normalized spacial score (nSPS) is 22.8. The molecule has 0 N–H and O–H groups in total. The number of hydrogen-bond donors (Lipinski definition) is 0. The minimum Gasteiger partial charge on any atom is -0.456 e. The molecule has 1 aromatic rings. The van der Waals surface area contributed by atoms with Crippen molar-refractivity contribution in [2.24, 2.45) is 11.8 Å². The molecule has 0 bridgehead atoms. The maximum atomic E-state index is 12.6. The molecular formula is C22H27NO5. The summed E-state index contributed by atoms with van der Waals surface area (Å²) in [5.74, 6) is -2.21. The van der Waals surface area contributed by atoms with Crippen molar-refractivity contribution in [2.75, 3.05) is 6.61 Å². The van der Waals surface area contributed by atoms with Gasteiger partial charge in [0.05, 0.1) is 11.8 Å². The van der Waals surface area contributed by atoms with E-state index in [1.165, 1.54) is 6.92 Å². The molecule has 0 radical (unpaired) electrons. The van der Waals surface area contributed by atoms with Crippen LogP contribution >= 0.6 is 0 Å². The van der Waals surface area contributed by atoms with Crippen molar-refractivity contribution in [3.63, 3.8) is 0 Å². The Hall–Kier alpha value is -2.50. The molecule has 3 atom stereocenters. The van der Waals surface area contributed by atoms with Gasteiger partial charge in [-0.1, -0.05) is 18.9 Å². The zero-order valence-corrected chi connectivity index (χ0v) is 16.9. The van der Waals surface area contributed by atoms with E-state index in [0.717, 1.165) is 34.4 Å². The lowest BCUT2D eigenvalue weighted by molar-refractivity contribution is -0.157. The van der Waals surface area contributed by atoms with Crippen molar-refractivity contribution in [3.8, 4) is 0 Å².